The van der Waals surface area contributed by atoms with E-state index >= 15 is 0 Å². The fraction of sp³-hybridized carbons (Fsp3) is 0.267. The SMILES string of the molecule is CCCCC(=O)NNC(=O)c1ccc2ccccc2n1. The zero-order valence-electron chi connectivity index (χ0n) is 11.3. The Hall–Kier alpha value is -2.43. The second kappa shape index (κ2) is 6.65. The molecule has 20 heavy (non-hydrogen) atoms. The Morgan fingerprint density at radius 2 is 1.90 bits per heavy atom. The first-order chi connectivity index (χ1) is 9.70. The molecule has 0 unspecified atom stereocenters. The predicted molar refractivity (Wildman–Crippen MR) is 76.9 cm³/mol. The number of benzene rings is 1. The van der Waals surface area contributed by atoms with Crippen LogP contribution in [0.15, 0.2) is 36.4 Å². The average Bonchev–Trinajstić information content (AvgIpc) is 2.50. The number of hydrogen-bond donors (Lipinski definition) is 2. The fourth-order valence-corrected chi connectivity index (χ4v) is 1.78. The minimum absolute atomic E-state index is 0.194. The van der Waals surface area contributed by atoms with Crippen LogP contribution in [-0.4, -0.2) is 16.8 Å². The molecule has 5 heteroatoms. The normalized spacial score (nSPS) is 10.2. The second-order valence-corrected chi connectivity index (χ2v) is 4.50. The van der Waals surface area contributed by atoms with Crippen molar-refractivity contribution in [2.75, 3.05) is 0 Å². The first-order valence-corrected chi connectivity index (χ1v) is 6.65. The Labute approximate surface area is 117 Å². The van der Waals surface area contributed by atoms with Crippen LogP contribution in [0.2, 0.25) is 0 Å². The lowest BCUT2D eigenvalue weighted by Gasteiger charge is -2.07. The number of unbranched alkanes of at least 4 members (excludes halogenated alkanes) is 1. The molecular formula is C15H17N3O2. The quantitative estimate of drug-likeness (QED) is 0.837. The highest BCUT2D eigenvalue weighted by Gasteiger charge is 2.09. The van der Waals surface area contributed by atoms with Gasteiger partial charge in [0.2, 0.25) is 5.91 Å². The largest absolute Gasteiger partial charge is 0.288 e. The van der Waals surface area contributed by atoms with E-state index in [0.29, 0.717) is 6.42 Å². The monoisotopic (exact) mass is 271 g/mol. The summed E-state index contributed by atoms with van der Waals surface area (Å²) < 4.78 is 0. The summed E-state index contributed by atoms with van der Waals surface area (Å²) in [6.45, 7) is 2.00. The molecular weight excluding hydrogens is 254 g/mol. The molecule has 0 fully saturated rings. The number of hydrazine groups is 1. The van der Waals surface area contributed by atoms with E-state index in [1.807, 2.05) is 37.3 Å². The molecule has 2 N–H and O–H groups in total. The molecule has 0 saturated heterocycles. The summed E-state index contributed by atoms with van der Waals surface area (Å²) in [5.41, 5.74) is 5.78. The van der Waals surface area contributed by atoms with Gasteiger partial charge in [-0.15, -0.1) is 0 Å². The Kier molecular flexibility index (Phi) is 4.65. The van der Waals surface area contributed by atoms with Crippen LogP contribution < -0.4 is 10.9 Å². The molecule has 1 aromatic heterocycles. The van der Waals surface area contributed by atoms with E-state index in [2.05, 4.69) is 15.8 Å². The minimum atomic E-state index is -0.416. The molecule has 0 atom stereocenters. The van der Waals surface area contributed by atoms with Gasteiger partial charge in [0, 0.05) is 11.8 Å². The molecule has 0 saturated carbocycles. The maximum absolute atomic E-state index is 11.9. The second-order valence-electron chi connectivity index (χ2n) is 4.50. The molecule has 0 radical (unpaired) electrons. The number of pyridine rings is 1. The Balaban J connectivity index is 1.99. The van der Waals surface area contributed by atoms with Crippen LogP contribution in [0.1, 0.15) is 36.7 Å². The van der Waals surface area contributed by atoms with Crippen molar-refractivity contribution in [2.45, 2.75) is 26.2 Å². The van der Waals surface area contributed by atoms with Crippen LogP contribution >= 0.6 is 0 Å². The third-order valence-corrected chi connectivity index (χ3v) is 2.90. The van der Waals surface area contributed by atoms with Gasteiger partial charge in [-0.3, -0.25) is 20.4 Å². The zero-order chi connectivity index (χ0) is 14.4. The molecule has 0 spiro atoms. The first-order valence-electron chi connectivity index (χ1n) is 6.65. The first kappa shape index (κ1) is 14.0. The van der Waals surface area contributed by atoms with E-state index < -0.39 is 5.91 Å². The summed E-state index contributed by atoms with van der Waals surface area (Å²) in [7, 11) is 0. The molecule has 1 aromatic carbocycles. The summed E-state index contributed by atoms with van der Waals surface area (Å²) in [4.78, 5) is 27.5. The van der Waals surface area contributed by atoms with E-state index in [1.165, 1.54) is 0 Å². The lowest BCUT2D eigenvalue weighted by atomic mass is 10.2. The molecule has 2 amide bonds. The number of nitrogens with zero attached hydrogens (tertiary/aromatic N) is 1. The molecule has 2 aromatic rings. The van der Waals surface area contributed by atoms with Crippen molar-refractivity contribution in [2.24, 2.45) is 0 Å². The maximum Gasteiger partial charge on any atom is 0.288 e. The Morgan fingerprint density at radius 1 is 1.10 bits per heavy atom. The number of fused-ring (bicyclic) bond motifs is 1. The van der Waals surface area contributed by atoms with E-state index in [9.17, 15) is 9.59 Å². The summed E-state index contributed by atoms with van der Waals surface area (Å²) in [6, 6.07) is 11.0. The molecule has 2 rings (SSSR count). The van der Waals surface area contributed by atoms with Crippen molar-refractivity contribution in [1.82, 2.24) is 15.8 Å². The lowest BCUT2D eigenvalue weighted by Crippen LogP contribution is -2.41. The van der Waals surface area contributed by atoms with Crippen LogP contribution in [0, 0.1) is 0 Å². The highest BCUT2D eigenvalue weighted by molar-refractivity contribution is 5.95. The lowest BCUT2D eigenvalue weighted by molar-refractivity contribution is -0.121. The highest BCUT2D eigenvalue weighted by atomic mass is 16.2. The van der Waals surface area contributed by atoms with Gasteiger partial charge in [-0.25, -0.2) is 4.98 Å². The van der Waals surface area contributed by atoms with Gasteiger partial charge in [-0.1, -0.05) is 37.6 Å². The Morgan fingerprint density at radius 3 is 2.70 bits per heavy atom. The molecule has 0 bridgehead atoms. The van der Waals surface area contributed by atoms with Crippen LogP contribution in [0.4, 0.5) is 0 Å². The molecule has 5 nitrogen and oxygen atoms in total. The highest BCUT2D eigenvalue weighted by Crippen LogP contribution is 2.11. The molecule has 0 aliphatic carbocycles. The van der Waals surface area contributed by atoms with Gasteiger partial charge in [-0.05, 0) is 18.6 Å². The average molecular weight is 271 g/mol. The fourth-order valence-electron chi connectivity index (χ4n) is 1.78. The van der Waals surface area contributed by atoms with Crippen molar-refractivity contribution < 1.29 is 9.59 Å². The molecule has 104 valence electrons. The van der Waals surface area contributed by atoms with Gasteiger partial charge in [0.1, 0.15) is 5.69 Å². The van der Waals surface area contributed by atoms with Crippen LogP contribution in [0.5, 0.6) is 0 Å². The zero-order valence-corrected chi connectivity index (χ0v) is 11.3. The minimum Gasteiger partial charge on any atom is -0.273 e. The summed E-state index contributed by atoms with van der Waals surface area (Å²) >= 11 is 0. The van der Waals surface area contributed by atoms with Crippen LogP contribution in [0.3, 0.4) is 0 Å². The molecule has 1 heterocycles. The third-order valence-electron chi connectivity index (χ3n) is 2.90. The standard InChI is InChI=1S/C15H17N3O2/c1-2-3-8-14(19)17-18-15(20)13-10-9-11-6-4-5-7-12(11)16-13/h4-7,9-10H,2-3,8H2,1H3,(H,17,19)(H,18,20). The van der Waals surface area contributed by atoms with E-state index in [4.69, 9.17) is 0 Å². The van der Waals surface area contributed by atoms with E-state index in [0.717, 1.165) is 23.7 Å². The Bertz CT molecular complexity index is 625. The smallest absolute Gasteiger partial charge is 0.273 e. The van der Waals surface area contributed by atoms with E-state index in [-0.39, 0.29) is 11.6 Å². The van der Waals surface area contributed by atoms with Gasteiger partial charge in [0.15, 0.2) is 0 Å². The number of aromatic nitrogens is 1. The van der Waals surface area contributed by atoms with Crippen molar-refractivity contribution in [3.05, 3.63) is 42.1 Å². The number of para-hydroxylation sites is 1. The van der Waals surface area contributed by atoms with Crippen molar-refractivity contribution in [3.63, 3.8) is 0 Å². The van der Waals surface area contributed by atoms with Gasteiger partial charge in [-0.2, -0.15) is 0 Å². The summed E-state index contributed by atoms with van der Waals surface area (Å²) in [5, 5.41) is 0.969. The van der Waals surface area contributed by atoms with Gasteiger partial charge >= 0.3 is 0 Å². The third kappa shape index (κ3) is 3.54. The number of rotatable bonds is 4. The number of hydrogen-bond acceptors (Lipinski definition) is 3. The predicted octanol–water partition coefficient (Wildman–Crippen LogP) is 2.19. The molecule has 0 aliphatic heterocycles. The van der Waals surface area contributed by atoms with Gasteiger partial charge < -0.3 is 0 Å². The van der Waals surface area contributed by atoms with Crippen molar-refractivity contribution >= 4 is 22.7 Å². The number of carbonyl (C=O) groups excluding carboxylic acids is 2. The number of carbonyl (C=O) groups is 2. The molecule has 0 aliphatic rings. The topological polar surface area (TPSA) is 71.1 Å². The van der Waals surface area contributed by atoms with Crippen LogP contribution in [-0.2, 0) is 4.79 Å². The number of amides is 2. The van der Waals surface area contributed by atoms with Crippen molar-refractivity contribution in [1.29, 1.82) is 0 Å². The van der Waals surface area contributed by atoms with E-state index in [1.54, 1.807) is 6.07 Å². The van der Waals surface area contributed by atoms with Crippen molar-refractivity contribution in [3.8, 4) is 0 Å². The summed E-state index contributed by atoms with van der Waals surface area (Å²) in [6.07, 6.45) is 2.14. The summed E-state index contributed by atoms with van der Waals surface area (Å²) in [5.74, 6) is -0.610. The van der Waals surface area contributed by atoms with Crippen LogP contribution in [0.25, 0.3) is 10.9 Å². The number of nitrogens with one attached hydrogen (secondary N) is 2. The maximum atomic E-state index is 11.9. The van der Waals surface area contributed by atoms with Gasteiger partial charge in [0.25, 0.3) is 5.91 Å². The van der Waals surface area contributed by atoms with Gasteiger partial charge in [0.05, 0.1) is 5.52 Å².